The number of hydrogen-bond acceptors (Lipinski definition) is 4. The van der Waals surface area contributed by atoms with Gasteiger partial charge in [-0.25, -0.2) is 9.07 Å². The number of piperidine rings is 1. The normalized spacial score (nSPS) is 19.8. The molecule has 0 aliphatic carbocycles. The maximum absolute atomic E-state index is 13.3. The molecule has 0 spiro atoms. The fraction of sp³-hybridized carbons (Fsp3) is 0.417. The van der Waals surface area contributed by atoms with E-state index in [2.05, 4.69) is 11.2 Å². The zero-order valence-corrected chi connectivity index (χ0v) is 18.1. The molecule has 2 amide bonds. The van der Waals surface area contributed by atoms with Gasteiger partial charge in [-0.1, -0.05) is 24.3 Å². The first-order valence-corrected chi connectivity index (χ1v) is 10.9. The van der Waals surface area contributed by atoms with Gasteiger partial charge in [-0.2, -0.15) is 5.10 Å². The molecule has 3 heterocycles. The van der Waals surface area contributed by atoms with Crippen molar-refractivity contribution in [1.29, 1.82) is 0 Å². The molecule has 1 saturated heterocycles. The lowest BCUT2D eigenvalue weighted by Crippen LogP contribution is -2.44. The predicted molar refractivity (Wildman–Crippen MR) is 117 cm³/mol. The van der Waals surface area contributed by atoms with Crippen LogP contribution in [-0.2, 0) is 18.4 Å². The maximum Gasteiger partial charge on any atom is 0.274 e. The second kappa shape index (κ2) is 9.46. The molecule has 1 fully saturated rings. The molecule has 7 nitrogen and oxygen atoms in total. The van der Waals surface area contributed by atoms with Crippen molar-refractivity contribution >= 4 is 11.8 Å². The van der Waals surface area contributed by atoms with E-state index < -0.39 is 0 Å². The molecule has 2 aliphatic rings. The lowest BCUT2D eigenvalue weighted by Gasteiger charge is -2.36. The van der Waals surface area contributed by atoms with Gasteiger partial charge in [-0.3, -0.25) is 14.4 Å². The summed E-state index contributed by atoms with van der Waals surface area (Å²) < 4.78 is 14.4. The summed E-state index contributed by atoms with van der Waals surface area (Å²) in [7, 11) is 1.52. The molecule has 1 atom stereocenters. The molecule has 32 heavy (non-hydrogen) atoms. The Morgan fingerprint density at radius 2 is 1.78 bits per heavy atom. The lowest BCUT2D eigenvalue weighted by atomic mass is 9.81. The van der Waals surface area contributed by atoms with E-state index in [4.69, 9.17) is 0 Å². The van der Waals surface area contributed by atoms with Crippen LogP contribution in [0.15, 0.2) is 53.3 Å². The number of carbonyl (C=O) groups excluding carboxylic acids is 2. The summed E-state index contributed by atoms with van der Waals surface area (Å²) in [6.45, 7) is 2.11. The average Bonchev–Trinajstić information content (AvgIpc) is 2.98. The minimum atomic E-state index is -0.289. The second-order valence-electron chi connectivity index (χ2n) is 8.47. The van der Waals surface area contributed by atoms with E-state index in [1.165, 1.54) is 31.3 Å². The van der Waals surface area contributed by atoms with Crippen molar-refractivity contribution in [3.63, 3.8) is 0 Å². The van der Waals surface area contributed by atoms with E-state index >= 15 is 0 Å². The largest absolute Gasteiger partial charge is 0.337 e. The van der Waals surface area contributed by atoms with E-state index in [9.17, 15) is 18.8 Å². The molecule has 2 aliphatic heterocycles. The van der Waals surface area contributed by atoms with E-state index in [0.717, 1.165) is 23.1 Å². The van der Waals surface area contributed by atoms with Crippen LogP contribution >= 0.6 is 0 Å². The van der Waals surface area contributed by atoms with Crippen LogP contribution in [0.1, 0.15) is 35.3 Å². The van der Waals surface area contributed by atoms with Crippen LogP contribution in [0, 0.1) is 17.7 Å². The molecule has 168 valence electrons. The van der Waals surface area contributed by atoms with Crippen molar-refractivity contribution in [2.24, 2.45) is 18.9 Å². The van der Waals surface area contributed by atoms with Crippen LogP contribution < -0.4 is 5.56 Å². The molecule has 0 bridgehead atoms. The van der Waals surface area contributed by atoms with Gasteiger partial charge in [0.1, 0.15) is 11.5 Å². The van der Waals surface area contributed by atoms with Crippen molar-refractivity contribution in [2.45, 2.75) is 25.8 Å². The van der Waals surface area contributed by atoms with Crippen LogP contribution in [0.5, 0.6) is 0 Å². The van der Waals surface area contributed by atoms with Gasteiger partial charge < -0.3 is 9.80 Å². The number of hydrogen-bond donors (Lipinski definition) is 0. The number of allylic oxidation sites excluding steroid dienone is 1. The lowest BCUT2D eigenvalue weighted by molar-refractivity contribution is -0.137. The number of aromatic nitrogens is 2. The van der Waals surface area contributed by atoms with Gasteiger partial charge in [0.15, 0.2) is 0 Å². The van der Waals surface area contributed by atoms with E-state index in [1.807, 2.05) is 11.0 Å². The van der Waals surface area contributed by atoms with Gasteiger partial charge in [0.2, 0.25) is 5.91 Å². The number of halogens is 1. The summed E-state index contributed by atoms with van der Waals surface area (Å²) in [5, 5.41) is 4.06. The van der Waals surface area contributed by atoms with E-state index in [1.54, 1.807) is 17.0 Å². The van der Waals surface area contributed by atoms with Crippen LogP contribution in [0.25, 0.3) is 0 Å². The van der Waals surface area contributed by atoms with Gasteiger partial charge >= 0.3 is 0 Å². The summed E-state index contributed by atoms with van der Waals surface area (Å²) >= 11 is 0. The molecule has 1 aromatic carbocycles. The summed E-state index contributed by atoms with van der Waals surface area (Å²) in [6.07, 6.45) is 6.27. The standard InChI is InChI=1S/C24H27FN4O3/c1-27-22(30)10-9-21(26-27)24(32)28-14-11-18(12-15-28)20-4-2-3-13-29(23(20)31)16-17-5-7-19(25)8-6-17/h2-3,5-10,18,20H,4,11-16H2,1H3/t20-/m1/s1. The predicted octanol–water partition coefficient (Wildman–Crippen LogP) is 2.38. The first kappa shape index (κ1) is 21.9. The van der Waals surface area contributed by atoms with Crippen molar-refractivity contribution in [1.82, 2.24) is 19.6 Å². The number of likely N-dealkylation sites (tertiary alicyclic amines) is 1. The molecule has 2 aromatic rings. The summed E-state index contributed by atoms with van der Waals surface area (Å²) in [5.74, 6) is -0.295. The Kier molecular flexibility index (Phi) is 6.48. The summed E-state index contributed by atoms with van der Waals surface area (Å²) in [6, 6.07) is 9.06. The zero-order chi connectivity index (χ0) is 22.7. The highest BCUT2D eigenvalue weighted by molar-refractivity contribution is 5.92. The van der Waals surface area contributed by atoms with Crippen LogP contribution in [0.3, 0.4) is 0 Å². The Balaban J connectivity index is 1.39. The first-order chi connectivity index (χ1) is 15.4. The average molecular weight is 439 g/mol. The summed E-state index contributed by atoms with van der Waals surface area (Å²) in [5.41, 5.74) is 0.897. The molecule has 8 heteroatoms. The Bertz CT molecular complexity index is 1070. The second-order valence-corrected chi connectivity index (χ2v) is 8.47. The van der Waals surface area contributed by atoms with Crippen molar-refractivity contribution in [2.75, 3.05) is 19.6 Å². The number of rotatable bonds is 4. The quantitative estimate of drug-likeness (QED) is 0.687. The minimum absolute atomic E-state index is 0.115. The Hall–Kier alpha value is -3.29. The highest BCUT2D eigenvalue weighted by Crippen LogP contribution is 2.31. The summed E-state index contributed by atoms with van der Waals surface area (Å²) in [4.78, 5) is 41.2. The zero-order valence-electron chi connectivity index (χ0n) is 18.1. The molecule has 0 N–H and O–H groups in total. The third-order valence-electron chi connectivity index (χ3n) is 6.37. The number of benzene rings is 1. The minimum Gasteiger partial charge on any atom is -0.337 e. The Morgan fingerprint density at radius 3 is 2.47 bits per heavy atom. The fourth-order valence-electron chi connectivity index (χ4n) is 4.50. The Morgan fingerprint density at radius 1 is 1.06 bits per heavy atom. The number of nitrogens with zero attached hydrogens (tertiary/aromatic N) is 4. The number of aryl methyl sites for hydroxylation is 1. The molecule has 0 saturated carbocycles. The van der Waals surface area contributed by atoms with E-state index in [-0.39, 0.29) is 40.7 Å². The monoisotopic (exact) mass is 438 g/mol. The molecular weight excluding hydrogens is 411 g/mol. The van der Waals surface area contributed by atoms with Gasteiger partial charge in [0.25, 0.3) is 11.5 Å². The van der Waals surface area contributed by atoms with Crippen LogP contribution in [-0.4, -0.2) is 51.0 Å². The number of amides is 2. The SMILES string of the molecule is Cn1nc(C(=O)N2CCC([C@H]3CC=CCN(Cc4ccc(F)cc4)C3=O)CC2)ccc1=O. The smallest absolute Gasteiger partial charge is 0.274 e. The van der Waals surface area contributed by atoms with Gasteiger partial charge in [0.05, 0.1) is 0 Å². The molecule has 1 aromatic heterocycles. The molecule has 4 rings (SSSR count). The van der Waals surface area contributed by atoms with Gasteiger partial charge in [-0.15, -0.1) is 0 Å². The molecular formula is C24H27FN4O3. The third kappa shape index (κ3) is 4.79. The van der Waals surface area contributed by atoms with Crippen molar-refractivity contribution in [3.05, 3.63) is 76.0 Å². The number of carbonyl (C=O) groups is 2. The van der Waals surface area contributed by atoms with Crippen molar-refractivity contribution in [3.8, 4) is 0 Å². The first-order valence-electron chi connectivity index (χ1n) is 10.9. The van der Waals surface area contributed by atoms with Gasteiger partial charge in [-0.05, 0) is 48.9 Å². The molecule has 0 unspecified atom stereocenters. The van der Waals surface area contributed by atoms with Crippen LogP contribution in [0.4, 0.5) is 4.39 Å². The third-order valence-corrected chi connectivity index (χ3v) is 6.37. The highest BCUT2D eigenvalue weighted by atomic mass is 19.1. The van der Waals surface area contributed by atoms with Gasteiger partial charge in [0, 0.05) is 45.2 Å². The van der Waals surface area contributed by atoms with E-state index in [0.29, 0.717) is 32.6 Å². The molecule has 0 radical (unpaired) electrons. The topological polar surface area (TPSA) is 75.5 Å². The maximum atomic E-state index is 13.3. The Labute approximate surface area is 186 Å². The highest BCUT2D eigenvalue weighted by Gasteiger charge is 2.35. The van der Waals surface area contributed by atoms with Crippen LogP contribution in [0.2, 0.25) is 0 Å². The fourth-order valence-corrected chi connectivity index (χ4v) is 4.50. The van der Waals surface area contributed by atoms with Crippen molar-refractivity contribution < 1.29 is 14.0 Å².